The minimum absolute atomic E-state index is 0.00524. The number of carboxylic acid groups (broad SMARTS) is 1. The number of hydroxylamine groups is 1. The summed E-state index contributed by atoms with van der Waals surface area (Å²) in [5.41, 5.74) is 0.902. The van der Waals surface area contributed by atoms with Gasteiger partial charge >= 0.3 is 11.8 Å². The van der Waals surface area contributed by atoms with Crippen molar-refractivity contribution < 1.29 is 33.2 Å². The molecule has 11 nitrogen and oxygen atoms in total. The number of carbonyl (C=O) groups excluding carboxylic acids is 2. The molecule has 5 aliphatic rings. The van der Waals surface area contributed by atoms with Gasteiger partial charge in [0.05, 0.1) is 28.1 Å². The Labute approximate surface area is 293 Å². The van der Waals surface area contributed by atoms with E-state index in [0.29, 0.717) is 44.3 Å². The van der Waals surface area contributed by atoms with Crippen LogP contribution in [0.4, 0.5) is 0 Å². The zero-order chi connectivity index (χ0) is 36.3. The summed E-state index contributed by atoms with van der Waals surface area (Å²) in [5.74, 6) is -1.38. The molecule has 7 rings (SSSR count). The number of aliphatic carboxylic acids is 1. The zero-order valence-electron chi connectivity index (χ0n) is 30.8. The maximum Gasteiger partial charge on any atom is 0.519 e. The van der Waals surface area contributed by atoms with Crippen molar-refractivity contribution in [3.05, 3.63) is 51.7 Å². The van der Waals surface area contributed by atoms with E-state index >= 15 is 4.79 Å². The smallest absolute Gasteiger partial charge is 0.481 e. The first kappa shape index (κ1) is 35.1. The molecular weight excluding hydrogens is 638 g/mol. The lowest BCUT2D eigenvalue weighted by Gasteiger charge is -2.73. The van der Waals surface area contributed by atoms with Gasteiger partial charge in [-0.1, -0.05) is 33.3 Å². The van der Waals surface area contributed by atoms with E-state index in [9.17, 15) is 19.5 Å². The summed E-state index contributed by atoms with van der Waals surface area (Å²) < 4.78 is 12.2. The SMILES string of the molecule is Cc1ccn([C@H]2CC[C@]3(C)[C@H]4C(=O)C=C5[C@@H]6C[C@@](C)(C(=O)O)CC[C@]6(C)CC[C@@]5(C)[C@]4(C)CC[C@@]3(NOCc3oc(=O)oc3C)[C@]2(C)C=O)n1. The highest BCUT2D eigenvalue weighted by Crippen LogP contribution is 2.76. The quantitative estimate of drug-likeness (QED) is 0.238. The molecule has 0 amide bonds. The van der Waals surface area contributed by atoms with Crippen molar-refractivity contribution in [2.45, 2.75) is 131 Å². The Morgan fingerprint density at radius 3 is 2.36 bits per heavy atom. The van der Waals surface area contributed by atoms with Crippen molar-refractivity contribution in [1.82, 2.24) is 15.3 Å². The first-order chi connectivity index (χ1) is 23.3. The lowest BCUT2D eigenvalue weighted by atomic mass is 9.31. The standard InChI is InChI=1S/C39H53N3O8/c1-23-10-18-42(40-23)29-9-11-37(7)30-27(44)19-25-26-20-34(4,31(45)46)13-12-33(26,3)14-15-35(25,5)36(30,6)16-17-39(37,38(29,8)22-43)41-48-21-28-24(2)49-32(47)50-28/h10,18-19,22,26,29-30,41H,9,11-17,20-21H2,1-8H3,(H,45,46)/t26-,29-,30-,33+,34-,35+,36+,37+,38+,39-/m0/s1. The van der Waals surface area contributed by atoms with Crippen molar-refractivity contribution >= 4 is 18.0 Å². The van der Waals surface area contributed by atoms with Crippen LogP contribution < -0.4 is 11.3 Å². The van der Waals surface area contributed by atoms with Gasteiger partial charge in [0.1, 0.15) is 18.7 Å². The third kappa shape index (κ3) is 4.43. The zero-order valence-corrected chi connectivity index (χ0v) is 30.8. The number of nitrogens with zero attached hydrogens (tertiary/aromatic N) is 2. The normalized spacial score (nSPS) is 44.0. The Bertz CT molecular complexity index is 1840. The number of nitrogens with one attached hydrogen (secondary N) is 1. The van der Waals surface area contributed by atoms with Crippen LogP contribution >= 0.6 is 0 Å². The fourth-order valence-corrected chi connectivity index (χ4v) is 12.2. The molecule has 4 fully saturated rings. The Hall–Kier alpha value is -3.31. The van der Waals surface area contributed by atoms with Crippen molar-refractivity contribution in [3.8, 4) is 0 Å². The number of fused-ring (bicyclic) bond motifs is 7. The maximum atomic E-state index is 15.1. The van der Waals surface area contributed by atoms with Gasteiger partial charge < -0.3 is 18.7 Å². The van der Waals surface area contributed by atoms with E-state index in [1.54, 1.807) is 6.92 Å². The van der Waals surface area contributed by atoms with Gasteiger partial charge in [-0.3, -0.25) is 19.1 Å². The molecule has 5 aliphatic carbocycles. The molecule has 0 aliphatic heterocycles. The van der Waals surface area contributed by atoms with Crippen molar-refractivity contribution in [2.75, 3.05) is 0 Å². The fourth-order valence-electron chi connectivity index (χ4n) is 12.2. The molecule has 0 bridgehead atoms. The van der Waals surface area contributed by atoms with Crippen molar-refractivity contribution in [3.63, 3.8) is 0 Å². The Kier molecular flexibility index (Phi) is 7.79. The van der Waals surface area contributed by atoms with E-state index in [0.717, 1.165) is 36.8 Å². The summed E-state index contributed by atoms with van der Waals surface area (Å²) in [6.07, 6.45) is 11.2. The minimum atomic E-state index is -1.06. The van der Waals surface area contributed by atoms with Crippen LogP contribution in [0, 0.1) is 58.2 Å². The van der Waals surface area contributed by atoms with Crippen LogP contribution in [0.3, 0.4) is 0 Å². The van der Waals surface area contributed by atoms with E-state index < -0.39 is 44.9 Å². The number of aryl methyl sites for hydroxylation is 2. The molecule has 2 heterocycles. The Morgan fingerprint density at radius 1 is 1.02 bits per heavy atom. The summed E-state index contributed by atoms with van der Waals surface area (Å²) in [6, 6.07) is 1.63. The van der Waals surface area contributed by atoms with Gasteiger partial charge in [0.15, 0.2) is 11.5 Å². The average molecular weight is 692 g/mol. The largest absolute Gasteiger partial charge is 0.519 e. The molecular formula is C39H53N3O8. The van der Waals surface area contributed by atoms with Crippen LogP contribution in [0.25, 0.3) is 0 Å². The molecule has 50 heavy (non-hydrogen) atoms. The molecule has 10 atom stereocenters. The first-order valence-corrected chi connectivity index (χ1v) is 18.3. The van der Waals surface area contributed by atoms with Crippen LogP contribution in [0.2, 0.25) is 0 Å². The summed E-state index contributed by atoms with van der Waals surface area (Å²) in [6.45, 7) is 16.4. The molecule has 0 radical (unpaired) electrons. The van der Waals surface area contributed by atoms with Gasteiger partial charge in [0.2, 0.25) is 0 Å². The maximum absolute atomic E-state index is 15.1. The van der Waals surface area contributed by atoms with Gasteiger partial charge in [0.25, 0.3) is 0 Å². The third-order valence-electron chi connectivity index (χ3n) is 15.7. The lowest BCUT2D eigenvalue weighted by molar-refractivity contribution is -0.242. The predicted octanol–water partition coefficient (Wildman–Crippen LogP) is 6.68. The molecule has 11 heteroatoms. The number of hydrogen-bond acceptors (Lipinski definition) is 9. The number of aldehydes is 1. The van der Waals surface area contributed by atoms with E-state index in [4.69, 9.17) is 18.8 Å². The molecule has 0 saturated heterocycles. The Balaban J connectivity index is 1.35. The number of hydrogen-bond donors (Lipinski definition) is 2. The highest BCUT2D eigenvalue weighted by Gasteiger charge is 2.76. The average Bonchev–Trinajstić information content (AvgIpc) is 3.62. The first-order valence-electron chi connectivity index (χ1n) is 18.3. The van der Waals surface area contributed by atoms with E-state index in [-0.39, 0.29) is 40.9 Å². The number of aromatic nitrogens is 2. The summed E-state index contributed by atoms with van der Waals surface area (Å²) in [4.78, 5) is 59.4. The van der Waals surface area contributed by atoms with Gasteiger partial charge in [0, 0.05) is 12.1 Å². The summed E-state index contributed by atoms with van der Waals surface area (Å²) in [7, 11) is 0. The van der Waals surface area contributed by atoms with E-state index in [1.807, 2.05) is 43.8 Å². The van der Waals surface area contributed by atoms with E-state index in [1.165, 1.54) is 0 Å². The van der Waals surface area contributed by atoms with Gasteiger partial charge in [-0.15, -0.1) is 0 Å². The molecule has 0 unspecified atom stereocenters. The molecule has 2 aromatic rings. The highest BCUT2D eigenvalue weighted by molar-refractivity contribution is 5.96. The van der Waals surface area contributed by atoms with Crippen LogP contribution in [0.5, 0.6) is 0 Å². The van der Waals surface area contributed by atoms with Crippen molar-refractivity contribution in [1.29, 1.82) is 0 Å². The van der Waals surface area contributed by atoms with Crippen LogP contribution in [-0.2, 0) is 25.8 Å². The van der Waals surface area contributed by atoms with Gasteiger partial charge in [-0.25, -0.2) is 4.79 Å². The molecule has 2 N–H and O–H groups in total. The number of ketones is 1. The van der Waals surface area contributed by atoms with Gasteiger partial charge in [-0.2, -0.15) is 10.6 Å². The van der Waals surface area contributed by atoms with Gasteiger partial charge in [-0.05, 0) is 125 Å². The second kappa shape index (κ2) is 11.1. The number of carboxylic acids is 1. The van der Waals surface area contributed by atoms with Crippen LogP contribution in [0.15, 0.2) is 37.5 Å². The second-order valence-corrected chi connectivity index (χ2v) is 18.0. The molecule has 272 valence electrons. The topological polar surface area (TPSA) is 154 Å². The Morgan fingerprint density at radius 2 is 1.74 bits per heavy atom. The minimum Gasteiger partial charge on any atom is -0.481 e. The molecule has 2 aromatic heterocycles. The van der Waals surface area contributed by atoms with E-state index in [2.05, 4.69) is 33.2 Å². The number of rotatable bonds is 7. The summed E-state index contributed by atoms with van der Waals surface area (Å²) in [5, 5.41) is 15.0. The molecule has 0 aromatic carbocycles. The van der Waals surface area contributed by atoms with Crippen molar-refractivity contribution in [2.24, 2.45) is 44.3 Å². The molecule has 0 spiro atoms. The van der Waals surface area contributed by atoms with Crippen LogP contribution in [0.1, 0.15) is 123 Å². The highest BCUT2D eigenvalue weighted by atomic mass is 16.7. The number of allylic oxidation sites excluding steroid dienone is 2. The molecule has 4 saturated carbocycles. The monoisotopic (exact) mass is 691 g/mol. The second-order valence-electron chi connectivity index (χ2n) is 18.0. The lowest BCUT2D eigenvalue weighted by Crippen LogP contribution is -2.78. The fraction of sp³-hybridized carbons (Fsp3) is 0.718. The summed E-state index contributed by atoms with van der Waals surface area (Å²) >= 11 is 0. The predicted molar refractivity (Wildman–Crippen MR) is 183 cm³/mol. The van der Waals surface area contributed by atoms with Crippen LogP contribution in [-0.4, -0.2) is 38.5 Å². The third-order valence-corrected chi connectivity index (χ3v) is 15.7. The number of carbonyl (C=O) groups is 3.